The fourth-order valence-corrected chi connectivity index (χ4v) is 1.76. The summed E-state index contributed by atoms with van der Waals surface area (Å²) < 4.78 is 11.1. The minimum Gasteiger partial charge on any atom is -0.486 e. The Labute approximate surface area is 96.0 Å². The monoisotopic (exact) mass is 222 g/mol. The second kappa shape index (κ2) is 5.82. The van der Waals surface area contributed by atoms with Gasteiger partial charge in [-0.25, -0.2) is 0 Å². The Morgan fingerprint density at radius 3 is 3.12 bits per heavy atom. The van der Waals surface area contributed by atoms with Crippen LogP contribution in [-0.2, 0) is 11.3 Å². The number of hydrogen-bond acceptors (Lipinski definition) is 4. The number of aromatic nitrogens is 1. The van der Waals surface area contributed by atoms with Crippen LogP contribution in [0.25, 0.3) is 0 Å². The zero-order valence-corrected chi connectivity index (χ0v) is 9.61. The van der Waals surface area contributed by atoms with Crippen molar-refractivity contribution in [1.29, 1.82) is 0 Å². The molecule has 0 bridgehead atoms. The van der Waals surface area contributed by atoms with E-state index >= 15 is 0 Å². The molecule has 0 amide bonds. The maximum atomic E-state index is 5.78. The van der Waals surface area contributed by atoms with Crippen LogP contribution in [0.1, 0.15) is 18.5 Å². The molecule has 1 aliphatic rings. The third kappa shape index (κ3) is 3.18. The topological polar surface area (TPSA) is 43.4 Å². The molecule has 1 aromatic heterocycles. The van der Waals surface area contributed by atoms with Crippen LogP contribution in [-0.4, -0.2) is 31.3 Å². The first-order valence-corrected chi connectivity index (χ1v) is 5.72. The fraction of sp³-hybridized carbons (Fsp3) is 0.583. The Morgan fingerprint density at radius 2 is 2.50 bits per heavy atom. The SMILES string of the molecule is CNCc1ccc(OC2CCCOC2)cn1. The van der Waals surface area contributed by atoms with Crippen molar-refractivity contribution in [2.24, 2.45) is 0 Å². The lowest BCUT2D eigenvalue weighted by atomic mass is 10.2. The number of nitrogens with zero attached hydrogens (tertiary/aromatic N) is 1. The summed E-state index contributed by atoms with van der Waals surface area (Å²) in [7, 11) is 1.91. The van der Waals surface area contributed by atoms with Crippen molar-refractivity contribution < 1.29 is 9.47 Å². The van der Waals surface area contributed by atoms with Gasteiger partial charge in [-0.05, 0) is 32.0 Å². The number of pyridine rings is 1. The third-order valence-corrected chi connectivity index (χ3v) is 2.58. The van der Waals surface area contributed by atoms with Gasteiger partial charge in [-0.2, -0.15) is 0 Å². The van der Waals surface area contributed by atoms with Crippen molar-refractivity contribution in [1.82, 2.24) is 10.3 Å². The average molecular weight is 222 g/mol. The Morgan fingerprint density at radius 1 is 1.56 bits per heavy atom. The second-order valence-electron chi connectivity index (χ2n) is 3.97. The van der Waals surface area contributed by atoms with Crippen LogP contribution in [0.4, 0.5) is 0 Å². The first-order valence-electron chi connectivity index (χ1n) is 5.72. The molecule has 1 aromatic rings. The highest BCUT2D eigenvalue weighted by Crippen LogP contribution is 2.16. The van der Waals surface area contributed by atoms with E-state index in [1.807, 2.05) is 19.2 Å². The van der Waals surface area contributed by atoms with E-state index in [1.165, 1.54) is 0 Å². The Kier molecular flexibility index (Phi) is 4.13. The predicted octanol–water partition coefficient (Wildman–Crippen LogP) is 1.36. The van der Waals surface area contributed by atoms with Gasteiger partial charge in [0.2, 0.25) is 0 Å². The lowest BCUT2D eigenvalue weighted by molar-refractivity contribution is 0.00727. The molecule has 0 saturated carbocycles. The minimum atomic E-state index is 0.186. The Hall–Kier alpha value is -1.13. The van der Waals surface area contributed by atoms with Crippen molar-refractivity contribution in [2.75, 3.05) is 20.3 Å². The van der Waals surface area contributed by atoms with E-state index in [2.05, 4.69) is 10.3 Å². The first-order chi connectivity index (χ1) is 7.88. The van der Waals surface area contributed by atoms with Crippen molar-refractivity contribution in [3.8, 4) is 5.75 Å². The van der Waals surface area contributed by atoms with Crippen molar-refractivity contribution in [3.05, 3.63) is 24.0 Å². The largest absolute Gasteiger partial charge is 0.486 e. The summed E-state index contributed by atoms with van der Waals surface area (Å²) in [5, 5.41) is 3.06. The van der Waals surface area contributed by atoms with Crippen LogP contribution in [0.5, 0.6) is 5.75 Å². The van der Waals surface area contributed by atoms with E-state index in [4.69, 9.17) is 9.47 Å². The van der Waals surface area contributed by atoms with E-state index in [-0.39, 0.29) is 6.10 Å². The smallest absolute Gasteiger partial charge is 0.138 e. The molecule has 0 radical (unpaired) electrons. The molecule has 16 heavy (non-hydrogen) atoms. The van der Waals surface area contributed by atoms with E-state index in [0.29, 0.717) is 6.61 Å². The minimum absolute atomic E-state index is 0.186. The van der Waals surface area contributed by atoms with Crippen molar-refractivity contribution in [2.45, 2.75) is 25.5 Å². The van der Waals surface area contributed by atoms with Crippen LogP contribution < -0.4 is 10.1 Å². The summed E-state index contributed by atoms with van der Waals surface area (Å²) in [4.78, 5) is 4.31. The maximum Gasteiger partial charge on any atom is 0.138 e. The fourth-order valence-electron chi connectivity index (χ4n) is 1.76. The van der Waals surface area contributed by atoms with Gasteiger partial charge in [-0.15, -0.1) is 0 Å². The standard InChI is InChI=1S/C12H18N2O2/c1-13-7-10-4-5-11(8-14-10)16-12-3-2-6-15-9-12/h4-5,8,12-13H,2-3,6-7,9H2,1H3. The van der Waals surface area contributed by atoms with Gasteiger partial charge in [-0.1, -0.05) is 0 Å². The maximum absolute atomic E-state index is 5.78. The number of ether oxygens (including phenoxy) is 2. The quantitative estimate of drug-likeness (QED) is 0.835. The Balaban J connectivity index is 1.88. The summed E-state index contributed by atoms with van der Waals surface area (Å²) in [5.41, 5.74) is 1.02. The highest BCUT2D eigenvalue weighted by atomic mass is 16.5. The molecule has 2 rings (SSSR count). The molecule has 1 N–H and O–H groups in total. The number of rotatable bonds is 4. The van der Waals surface area contributed by atoms with Crippen LogP contribution in [0.3, 0.4) is 0 Å². The molecule has 1 unspecified atom stereocenters. The molecule has 1 fully saturated rings. The molecule has 0 spiro atoms. The van der Waals surface area contributed by atoms with Crippen LogP contribution in [0, 0.1) is 0 Å². The van der Waals surface area contributed by atoms with E-state index in [0.717, 1.165) is 37.4 Å². The highest BCUT2D eigenvalue weighted by molar-refractivity contribution is 5.20. The normalized spacial score (nSPS) is 20.7. The molecule has 1 atom stereocenters. The third-order valence-electron chi connectivity index (χ3n) is 2.58. The summed E-state index contributed by atoms with van der Waals surface area (Å²) in [6, 6.07) is 3.95. The predicted molar refractivity (Wildman–Crippen MR) is 61.5 cm³/mol. The molecule has 2 heterocycles. The van der Waals surface area contributed by atoms with Crippen LogP contribution in [0.15, 0.2) is 18.3 Å². The van der Waals surface area contributed by atoms with E-state index < -0.39 is 0 Å². The average Bonchev–Trinajstić information content (AvgIpc) is 2.33. The summed E-state index contributed by atoms with van der Waals surface area (Å²) in [5.74, 6) is 0.829. The highest BCUT2D eigenvalue weighted by Gasteiger charge is 2.15. The summed E-state index contributed by atoms with van der Waals surface area (Å²) in [6.07, 6.45) is 4.11. The van der Waals surface area contributed by atoms with E-state index in [9.17, 15) is 0 Å². The molecule has 88 valence electrons. The second-order valence-corrected chi connectivity index (χ2v) is 3.97. The zero-order chi connectivity index (χ0) is 11.2. The van der Waals surface area contributed by atoms with Crippen LogP contribution in [0.2, 0.25) is 0 Å². The van der Waals surface area contributed by atoms with Gasteiger partial charge in [0.1, 0.15) is 11.9 Å². The molecule has 0 aromatic carbocycles. The number of hydrogen-bond donors (Lipinski definition) is 1. The molecule has 1 saturated heterocycles. The van der Waals surface area contributed by atoms with Crippen LogP contribution >= 0.6 is 0 Å². The Bertz CT molecular complexity index is 307. The molecule has 1 aliphatic heterocycles. The molecular formula is C12H18N2O2. The van der Waals surface area contributed by atoms with Gasteiger partial charge in [-0.3, -0.25) is 4.98 Å². The van der Waals surface area contributed by atoms with E-state index in [1.54, 1.807) is 6.20 Å². The van der Waals surface area contributed by atoms with Crippen molar-refractivity contribution in [3.63, 3.8) is 0 Å². The zero-order valence-electron chi connectivity index (χ0n) is 9.61. The first kappa shape index (κ1) is 11.4. The molecule has 4 heteroatoms. The lowest BCUT2D eigenvalue weighted by Crippen LogP contribution is -2.28. The number of nitrogens with one attached hydrogen (secondary N) is 1. The van der Waals surface area contributed by atoms with Gasteiger partial charge < -0.3 is 14.8 Å². The van der Waals surface area contributed by atoms with Gasteiger partial charge in [0.15, 0.2) is 0 Å². The molecular weight excluding hydrogens is 204 g/mol. The van der Waals surface area contributed by atoms with Gasteiger partial charge in [0.05, 0.1) is 18.5 Å². The van der Waals surface area contributed by atoms with Crippen molar-refractivity contribution >= 4 is 0 Å². The lowest BCUT2D eigenvalue weighted by Gasteiger charge is -2.23. The summed E-state index contributed by atoms with van der Waals surface area (Å²) in [6.45, 7) is 2.34. The molecule has 4 nitrogen and oxygen atoms in total. The van der Waals surface area contributed by atoms with Gasteiger partial charge in [0, 0.05) is 13.2 Å². The molecule has 0 aliphatic carbocycles. The van der Waals surface area contributed by atoms with Gasteiger partial charge >= 0.3 is 0 Å². The van der Waals surface area contributed by atoms with Gasteiger partial charge in [0.25, 0.3) is 0 Å². The summed E-state index contributed by atoms with van der Waals surface area (Å²) >= 11 is 0.